The quantitative estimate of drug-likeness (QED) is 0.700. The summed E-state index contributed by atoms with van der Waals surface area (Å²) in [5.74, 6) is -4.58. The molecule has 0 amide bonds. The largest absolute Gasteiger partial charge is 0.477 e. The molecule has 0 spiro atoms. The first kappa shape index (κ1) is 17.5. The third-order valence-electron chi connectivity index (χ3n) is 3.34. The lowest BCUT2D eigenvalue weighted by Crippen LogP contribution is -2.14. The fraction of sp³-hybridized carbons (Fsp3) is 0. The summed E-state index contributed by atoms with van der Waals surface area (Å²) in [6, 6.07) is 6.67. The molecule has 0 aliphatic carbocycles. The van der Waals surface area contributed by atoms with E-state index in [2.05, 4.69) is 10.1 Å². The molecule has 3 rings (SSSR count). The normalized spacial score (nSPS) is 11.3. The van der Waals surface area contributed by atoms with E-state index in [9.17, 15) is 22.0 Å². The van der Waals surface area contributed by atoms with Gasteiger partial charge in [-0.2, -0.15) is 5.10 Å². The van der Waals surface area contributed by atoms with E-state index in [1.807, 2.05) is 4.72 Å². The van der Waals surface area contributed by atoms with Crippen molar-refractivity contribution in [3.8, 4) is 5.69 Å². The summed E-state index contributed by atoms with van der Waals surface area (Å²) in [5, 5.41) is 12.6. The predicted octanol–water partition coefficient (Wildman–Crippen LogP) is 2.04. The monoisotopic (exact) mass is 380 g/mol. The lowest BCUT2D eigenvalue weighted by Gasteiger charge is -2.10. The number of aromatic carboxylic acids is 1. The van der Waals surface area contributed by atoms with Gasteiger partial charge in [-0.05, 0) is 36.4 Å². The molecule has 0 unspecified atom stereocenters. The Morgan fingerprint density at radius 1 is 1.12 bits per heavy atom. The standard InChI is InChI=1S/C15H10F2N4O4S/c16-12-5-9(6-13(17)14(12)15(22)23)20-26(24,25)11-3-1-10(2-4-11)21-8-18-7-19-21/h1-8,20H,(H,22,23). The summed E-state index contributed by atoms with van der Waals surface area (Å²) in [7, 11) is -4.14. The van der Waals surface area contributed by atoms with Crippen molar-refractivity contribution in [1.29, 1.82) is 0 Å². The number of aromatic nitrogens is 3. The molecular weight excluding hydrogens is 370 g/mol. The van der Waals surface area contributed by atoms with Crippen molar-refractivity contribution >= 4 is 21.7 Å². The summed E-state index contributed by atoms with van der Waals surface area (Å²) in [6.45, 7) is 0. The van der Waals surface area contributed by atoms with Crippen LogP contribution in [0.4, 0.5) is 14.5 Å². The van der Waals surface area contributed by atoms with E-state index in [0.717, 1.165) is 0 Å². The zero-order valence-corrected chi connectivity index (χ0v) is 13.6. The highest BCUT2D eigenvalue weighted by Gasteiger charge is 2.20. The molecule has 134 valence electrons. The van der Waals surface area contributed by atoms with Crippen LogP contribution in [-0.2, 0) is 10.0 Å². The number of hydrogen-bond donors (Lipinski definition) is 2. The number of nitrogens with zero attached hydrogens (tertiary/aromatic N) is 3. The van der Waals surface area contributed by atoms with Gasteiger partial charge in [0.25, 0.3) is 10.0 Å². The first-order valence-electron chi connectivity index (χ1n) is 6.98. The first-order valence-corrected chi connectivity index (χ1v) is 8.46. The molecule has 8 nitrogen and oxygen atoms in total. The molecule has 0 bridgehead atoms. The molecule has 0 saturated carbocycles. The van der Waals surface area contributed by atoms with Crippen LogP contribution in [0, 0.1) is 11.6 Å². The van der Waals surface area contributed by atoms with Crippen LogP contribution in [0.25, 0.3) is 5.69 Å². The van der Waals surface area contributed by atoms with Crippen LogP contribution in [0.5, 0.6) is 0 Å². The lowest BCUT2D eigenvalue weighted by atomic mass is 10.2. The van der Waals surface area contributed by atoms with E-state index in [1.165, 1.54) is 41.6 Å². The van der Waals surface area contributed by atoms with Crippen LogP contribution < -0.4 is 4.72 Å². The van der Waals surface area contributed by atoms with Crippen molar-refractivity contribution in [2.75, 3.05) is 4.72 Å². The number of anilines is 1. The van der Waals surface area contributed by atoms with E-state index in [0.29, 0.717) is 17.8 Å². The first-order chi connectivity index (χ1) is 12.3. The van der Waals surface area contributed by atoms with Gasteiger partial charge in [0.2, 0.25) is 0 Å². The molecule has 26 heavy (non-hydrogen) atoms. The maximum absolute atomic E-state index is 13.7. The van der Waals surface area contributed by atoms with Gasteiger partial charge in [-0.25, -0.2) is 31.7 Å². The second kappa shape index (κ2) is 6.52. The van der Waals surface area contributed by atoms with Gasteiger partial charge in [0.15, 0.2) is 0 Å². The highest BCUT2D eigenvalue weighted by Crippen LogP contribution is 2.22. The van der Waals surface area contributed by atoms with Crippen molar-refractivity contribution in [2.45, 2.75) is 4.90 Å². The van der Waals surface area contributed by atoms with Crippen molar-refractivity contribution < 1.29 is 27.1 Å². The van der Waals surface area contributed by atoms with Crippen LogP contribution in [0.15, 0.2) is 53.9 Å². The number of sulfonamides is 1. The molecule has 0 radical (unpaired) electrons. The van der Waals surface area contributed by atoms with Crippen LogP contribution in [-0.4, -0.2) is 34.3 Å². The summed E-state index contributed by atoms with van der Waals surface area (Å²) in [5.41, 5.74) is -1.04. The van der Waals surface area contributed by atoms with E-state index >= 15 is 0 Å². The van der Waals surface area contributed by atoms with Crippen LogP contribution in [0.3, 0.4) is 0 Å². The van der Waals surface area contributed by atoms with Gasteiger partial charge < -0.3 is 5.11 Å². The summed E-state index contributed by atoms with van der Waals surface area (Å²) in [4.78, 5) is 14.4. The van der Waals surface area contributed by atoms with Gasteiger partial charge in [0.1, 0.15) is 29.9 Å². The molecular formula is C15H10F2N4O4S. The highest BCUT2D eigenvalue weighted by molar-refractivity contribution is 7.92. The molecule has 2 N–H and O–H groups in total. The second-order valence-corrected chi connectivity index (χ2v) is 6.74. The minimum atomic E-state index is -4.14. The second-order valence-electron chi connectivity index (χ2n) is 5.06. The maximum atomic E-state index is 13.7. The fourth-order valence-corrected chi connectivity index (χ4v) is 3.21. The summed E-state index contributed by atoms with van der Waals surface area (Å²) in [6.07, 6.45) is 2.74. The third-order valence-corrected chi connectivity index (χ3v) is 4.74. The molecule has 0 atom stereocenters. The van der Waals surface area contributed by atoms with Gasteiger partial charge in [0, 0.05) is 0 Å². The molecule has 2 aromatic carbocycles. The Labute approximate surface area is 145 Å². The minimum Gasteiger partial charge on any atom is -0.477 e. The number of nitrogens with one attached hydrogen (secondary N) is 1. The van der Waals surface area contributed by atoms with Crippen LogP contribution >= 0.6 is 0 Å². The number of rotatable bonds is 5. The fourth-order valence-electron chi connectivity index (χ4n) is 2.17. The molecule has 0 saturated heterocycles. The highest BCUT2D eigenvalue weighted by atomic mass is 32.2. The average Bonchev–Trinajstić information content (AvgIpc) is 3.08. The zero-order valence-electron chi connectivity index (χ0n) is 12.8. The Bertz CT molecular complexity index is 1040. The van der Waals surface area contributed by atoms with Gasteiger partial charge in [-0.3, -0.25) is 4.72 Å². The van der Waals surface area contributed by atoms with E-state index < -0.39 is 38.9 Å². The molecule has 1 aromatic heterocycles. The Morgan fingerprint density at radius 3 is 2.23 bits per heavy atom. The number of carboxylic acids is 1. The summed E-state index contributed by atoms with van der Waals surface area (Å²) < 4.78 is 55.4. The third kappa shape index (κ3) is 3.37. The van der Waals surface area contributed by atoms with Crippen molar-refractivity contribution in [3.05, 3.63) is 66.3 Å². The van der Waals surface area contributed by atoms with Crippen LogP contribution in [0.1, 0.15) is 10.4 Å². The van der Waals surface area contributed by atoms with Crippen molar-refractivity contribution in [1.82, 2.24) is 14.8 Å². The zero-order chi connectivity index (χ0) is 18.9. The number of carbonyl (C=O) groups is 1. The number of hydrogen-bond acceptors (Lipinski definition) is 5. The summed E-state index contributed by atoms with van der Waals surface area (Å²) >= 11 is 0. The van der Waals surface area contributed by atoms with Gasteiger partial charge in [-0.1, -0.05) is 0 Å². The molecule has 0 aliphatic rings. The van der Waals surface area contributed by atoms with Gasteiger partial charge >= 0.3 is 5.97 Å². The van der Waals surface area contributed by atoms with Crippen molar-refractivity contribution in [3.63, 3.8) is 0 Å². The smallest absolute Gasteiger partial charge is 0.341 e. The molecule has 0 aliphatic heterocycles. The Morgan fingerprint density at radius 2 is 1.73 bits per heavy atom. The number of carboxylic acid groups (broad SMARTS) is 1. The number of halogens is 2. The van der Waals surface area contributed by atoms with E-state index in [1.54, 1.807) is 0 Å². The Balaban J connectivity index is 1.88. The molecule has 11 heteroatoms. The van der Waals surface area contributed by atoms with Crippen LogP contribution in [0.2, 0.25) is 0 Å². The minimum absolute atomic E-state index is 0.163. The van der Waals surface area contributed by atoms with E-state index in [-0.39, 0.29) is 4.90 Å². The molecule has 0 fully saturated rings. The van der Waals surface area contributed by atoms with Gasteiger partial charge in [-0.15, -0.1) is 0 Å². The number of benzene rings is 2. The molecule has 1 heterocycles. The van der Waals surface area contributed by atoms with Crippen molar-refractivity contribution in [2.24, 2.45) is 0 Å². The lowest BCUT2D eigenvalue weighted by molar-refractivity contribution is 0.0686. The topological polar surface area (TPSA) is 114 Å². The maximum Gasteiger partial charge on any atom is 0.341 e. The van der Waals surface area contributed by atoms with E-state index in [4.69, 9.17) is 5.11 Å². The average molecular weight is 380 g/mol. The SMILES string of the molecule is O=C(O)c1c(F)cc(NS(=O)(=O)c2ccc(-n3cncn3)cc2)cc1F. The molecule has 3 aromatic rings. The van der Waals surface area contributed by atoms with Gasteiger partial charge in [0.05, 0.1) is 16.3 Å². The predicted molar refractivity (Wildman–Crippen MR) is 85.5 cm³/mol. The Kier molecular flexibility index (Phi) is 4.38. The Hall–Kier alpha value is -3.34.